The molecule has 0 saturated heterocycles. The van der Waals surface area contributed by atoms with E-state index in [1.165, 1.54) is 47.4 Å². The van der Waals surface area contributed by atoms with Crippen molar-refractivity contribution in [3.8, 4) is 0 Å². The van der Waals surface area contributed by atoms with Crippen molar-refractivity contribution in [3.05, 3.63) is 95.3 Å². The van der Waals surface area contributed by atoms with E-state index < -0.39 is 34.3 Å². The van der Waals surface area contributed by atoms with E-state index in [0.29, 0.717) is 5.02 Å². The normalized spacial score (nSPS) is 14.5. The Kier molecular flexibility index (Phi) is 9.24. The van der Waals surface area contributed by atoms with Crippen LogP contribution in [-0.4, -0.2) is 43.8 Å². The van der Waals surface area contributed by atoms with E-state index in [4.69, 9.17) is 11.6 Å². The summed E-state index contributed by atoms with van der Waals surface area (Å²) in [4.78, 5) is 28.3. The fraction of sp³-hybridized carbons (Fsp3) is 0.310. The van der Waals surface area contributed by atoms with Crippen LogP contribution in [0.15, 0.2) is 83.8 Å². The molecular weight excluding hydrogens is 541 g/mol. The van der Waals surface area contributed by atoms with Crippen molar-refractivity contribution in [1.82, 2.24) is 10.2 Å². The highest BCUT2D eigenvalue weighted by atomic mass is 35.5. The van der Waals surface area contributed by atoms with Crippen LogP contribution in [0.2, 0.25) is 5.02 Å². The van der Waals surface area contributed by atoms with Gasteiger partial charge in [-0.15, -0.1) is 0 Å². The molecular formula is C29H31ClFN3O4S. The molecule has 3 aromatic carbocycles. The number of anilines is 1. The lowest BCUT2D eigenvalue weighted by molar-refractivity contribution is -0.139. The summed E-state index contributed by atoms with van der Waals surface area (Å²) in [7, 11) is -4.19. The Labute approximate surface area is 233 Å². The number of hydrogen-bond acceptors (Lipinski definition) is 4. The van der Waals surface area contributed by atoms with Crippen LogP contribution in [0, 0.1) is 5.82 Å². The zero-order valence-corrected chi connectivity index (χ0v) is 23.2. The van der Waals surface area contributed by atoms with Crippen molar-refractivity contribution < 1.29 is 22.4 Å². The van der Waals surface area contributed by atoms with Gasteiger partial charge < -0.3 is 10.2 Å². The number of amides is 2. The van der Waals surface area contributed by atoms with Crippen LogP contribution < -0.4 is 9.62 Å². The van der Waals surface area contributed by atoms with Crippen molar-refractivity contribution in [2.75, 3.05) is 10.8 Å². The van der Waals surface area contributed by atoms with Gasteiger partial charge in [0.25, 0.3) is 10.0 Å². The van der Waals surface area contributed by atoms with Crippen molar-refractivity contribution in [3.63, 3.8) is 0 Å². The molecule has 7 nitrogen and oxygen atoms in total. The van der Waals surface area contributed by atoms with Crippen LogP contribution >= 0.6 is 11.6 Å². The number of carbonyl (C=O) groups is 2. The summed E-state index contributed by atoms with van der Waals surface area (Å²) in [5.41, 5.74) is 0.403. The van der Waals surface area contributed by atoms with E-state index in [0.717, 1.165) is 30.0 Å². The predicted molar refractivity (Wildman–Crippen MR) is 149 cm³/mol. The maximum Gasteiger partial charge on any atom is 0.264 e. The van der Waals surface area contributed by atoms with Gasteiger partial charge in [0.05, 0.1) is 10.6 Å². The minimum absolute atomic E-state index is 0.00884. The first kappa shape index (κ1) is 28.6. The van der Waals surface area contributed by atoms with Crippen LogP contribution in [0.25, 0.3) is 0 Å². The Morgan fingerprint density at radius 1 is 1.00 bits per heavy atom. The molecule has 3 aromatic rings. The minimum Gasteiger partial charge on any atom is -0.352 e. The molecule has 1 N–H and O–H groups in total. The molecule has 4 rings (SSSR count). The molecule has 0 unspecified atom stereocenters. The molecule has 1 atom stereocenters. The number of nitrogens with one attached hydrogen (secondary N) is 1. The first-order valence-electron chi connectivity index (χ1n) is 12.8. The zero-order valence-electron chi connectivity index (χ0n) is 21.6. The highest BCUT2D eigenvalue weighted by Gasteiger charge is 2.33. The molecule has 1 saturated carbocycles. The second-order valence-corrected chi connectivity index (χ2v) is 11.9. The second kappa shape index (κ2) is 12.6. The molecule has 0 aromatic heterocycles. The van der Waals surface area contributed by atoms with Crippen LogP contribution in [0.1, 0.15) is 38.2 Å². The average molecular weight is 572 g/mol. The monoisotopic (exact) mass is 571 g/mol. The fourth-order valence-electron chi connectivity index (χ4n) is 4.66. The molecule has 2 amide bonds. The first-order valence-corrected chi connectivity index (χ1v) is 14.6. The van der Waals surface area contributed by atoms with Crippen LogP contribution in [-0.2, 0) is 26.2 Å². The Hall–Kier alpha value is -3.43. The van der Waals surface area contributed by atoms with Crippen molar-refractivity contribution in [2.24, 2.45) is 0 Å². The zero-order chi connectivity index (χ0) is 28.0. The van der Waals surface area contributed by atoms with Crippen molar-refractivity contribution in [1.29, 1.82) is 0 Å². The number of carbonyl (C=O) groups excluding carboxylic acids is 2. The van der Waals surface area contributed by atoms with Gasteiger partial charge in [-0.2, -0.15) is 0 Å². The fourth-order valence-corrected chi connectivity index (χ4v) is 6.28. The molecule has 1 fully saturated rings. The van der Waals surface area contributed by atoms with Gasteiger partial charge in [0.1, 0.15) is 18.4 Å². The Morgan fingerprint density at radius 3 is 2.33 bits per heavy atom. The number of benzene rings is 3. The summed E-state index contributed by atoms with van der Waals surface area (Å²) in [6.45, 7) is 0.741. The second-order valence-electron chi connectivity index (χ2n) is 9.58. The maximum atomic E-state index is 14.6. The SMILES string of the molecule is C[C@H](C(=O)NC1CCCC1)N(Cc1ccccc1F)C(=O)CN(c1cccc(Cl)c1)S(=O)(=O)c1ccccc1. The van der Waals surface area contributed by atoms with E-state index in [9.17, 15) is 22.4 Å². The number of nitrogens with zero attached hydrogens (tertiary/aromatic N) is 2. The molecule has 0 bridgehead atoms. The highest BCUT2D eigenvalue weighted by Crippen LogP contribution is 2.27. The lowest BCUT2D eigenvalue weighted by Gasteiger charge is -2.32. The van der Waals surface area contributed by atoms with Gasteiger partial charge in [-0.3, -0.25) is 13.9 Å². The van der Waals surface area contributed by atoms with E-state index in [-0.39, 0.29) is 34.6 Å². The Balaban J connectivity index is 1.69. The predicted octanol–water partition coefficient (Wildman–Crippen LogP) is 5.15. The van der Waals surface area contributed by atoms with E-state index >= 15 is 0 Å². The molecule has 206 valence electrons. The summed E-state index contributed by atoms with van der Waals surface area (Å²) in [6, 6.07) is 18.9. The van der Waals surface area contributed by atoms with Crippen LogP contribution in [0.5, 0.6) is 0 Å². The molecule has 1 aliphatic carbocycles. The quantitative estimate of drug-likeness (QED) is 0.365. The number of hydrogen-bond donors (Lipinski definition) is 1. The molecule has 10 heteroatoms. The van der Waals surface area contributed by atoms with Crippen LogP contribution in [0.3, 0.4) is 0 Å². The standard InChI is InChI=1S/C29H31ClFN3O4S/c1-21(29(36)32-24-12-6-7-13-24)33(19-22-10-5-8-17-27(22)31)28(35)20-34(25-14-9-11-23(30)18-25)39(37,38)26-15-3-2-4-16-26/h2-5,8-11,14-18,21,24H,6-7,12-13,19-20H2,1H3,(H,32,36)/t21-/m1/s1. The van der Waals surface area contributed by atoms with Crippen LogP contribution in [0.4, 0.5) is 10.1 Å². The lowest BCUT2D eigenvalue weighted by Crippen LogP contribution is -2.52. The third kappa shape index (κ3) is 6.96. The smallest absolute Gasteiger partial charge is 0.264 e. The van der Waals surface area contributed by atoms with Crippen molar-refractivity contribution in [2.45, 2.75) is 56.1 Å². The summed E-state index contributed by atoms with van der Waals surface area (Å²) in [5.74, 6) is -1.55. The van der Waals surface area contributed by atoms with Gasteiger partial charge in [-0.05, 0) is 56.2 Å². The molecule has 0 radical (unpaired) electrons. The Bertz CT molecular complexity index is 1410. The highest BCUT2D eigenvalue weighted by molar-refractivity contribution is 7.92. The van der Waals surface area contributed by atoms with Gasteiger partial charge >= 0.3 is 0 Å². The molecule has 0 heterocycles. The Morgan fingerprint density at radius 2 is 1.67 bits per heavy atom. The largest absolute Gasteiger partial charge is 0.352 e. The lowest BCUT2D eigenvalue weighted by atomic mass is 10.1. The van der Waals surface area contributed by atoms with Gasteiger partial charge in [0.2, 0.25) is 11.8 Å². The molecule has 39 heavy (non-hydrogen) atoms. The summed E-state index contributed by atoms with van der Waals surface area (Å²) in [5, 5.41) is 3.28. The third-order valence-electron chi connectivity index (χ3n) is 6.87. The summed E-state index contributed by atoms with van der Waals surface area (Å²) < 4.78 is 43.0. The third-order valence-corrected chi connectivity index (χ3v) is 8.90. The van der Waals surface area contributed by atoms with E-state index in [1.807, 2.05) is 0 Å². The van der Waals surface area contributed by atoms with Gasteiger partial charge in [0.15, 0.2) is 0 Å². The van der Waals surface area contributed by atoms with Gasteiger partial charge in [-0.1, -0.05) is 66.9 Å². The van der Waals surface area contributed by atoms with Gasteiger partial charge in [0, 0.05) is 23.2 Å². The number of rotatable bonds is 10. The maximum absolute atomic E-state index is 14.6. The van der Waals surface area contributed by atoms with Crippen molar-refractivity contribution >= 4 is 39.1 Å². The average Bonchev–Trinajstić information content (AvgIpc) is 3.44. The minimum atomic E-state index is -4.19. The summed E-state index contributed by atoms with van der Waals surface area (Å²) >= 11 is 6.17. The first-order chi connectivity index (χ1) is 18.7. The number of halogens is 2. The number of sulfonamides is 1. The molecule has 0 spiro atoms. The van der Waals surface area contributed by atoms with E-state index in [1.54, 1.807) is 43.3 Å². The summed E-state index contributed by atoms with van der Waals surface area (Å²) in [6.07, 6.45) is 3.75. The van der Waals surface area contributed by atoms with E-state index in [2.05, 4.69) is 5.32 Å². The van der Waals surface area contributed by atoms with Gasteiger partial charge in [-0.25, -0.2) is 12.8 Å². The topological polar surface area (TPSA) is 86.8 Å². The molecule has 0 aliphatic heterocycles. The molecule has 1 aliphatic rings.